The van der Waals surface area contributed by atoms with E-state index in [1.807, 2.05) is 16.5 Å². The first-order valence-corrected chi connectivity index (χ1v) is 8.42. The summed E-state index contributed by atoms with van der Waals surface area (Å²) >= 11 is 8.87. The van der Waals surface area contributed by atoms with Crippen LogP contribution in [0.25, 0.3) is 0 Å². The van der Waals surface area contributed by atoms with Crippen LogP contribution in [-0.4, -0.2) is 47.0 Å². The third-order valence-corrected chi connectivity index (χ3v) is 5.24. The van der Waals surface area contributed by atoms with Crippen LogP contribution in [0.2, 0.25) is 5.15 Å². The highest BCUT2D eigenvalue weighted by molar-refractivity contribution is 7.13. The number of hydrogen-bond donors (Lipinski definition) is 0. The van der Waals surface area contributed by atoms with E-state index in [1.54, 1.807) is 16.8 Å². The Morgan fingerprint density at radius 1 is 1.20 bits per heavy atom. The van der Waals surface area contributed by atoms with E-state index in [1.165, 1.54) is 11.3 Å². The second kappa shape index (κ2) is 6.07. The standard InChI is InChI=1S/C12H13ClN4OS2/c13-10-9(20-8-15-10)11(18)16-3-1-4-17(6-5-16)12-14-2-7-19-12/h2,7-8H,1,3-6H2. The minimum absolute atomic E-state index is 0.0153. The van der Waals surface area contributed by atoms with E-state index in [0.717, 1.165) is 31.2 Å². The fraction of sp³-hybridized carbons (Fsp3) is 0.417. The van der Waals surface area contributed by atoms with Crippen LogP contribution in [-0.2, 0) is 0 Å². The van der Waals surface area contributed by atoms with Gasteiger partial charge < -0.3 is 9.80 Å². The zero-order chi connectivity index (χ0) is 13.9. The molecule has 0 bridgehead atoms. The fourth-order valence-corrected chi connectivity index (χ4v) is 3.86. The highest BCUT2D eigenvalue weighted by Crippen LogP contribution is 2.23. The van der Waals surface area contributed by atoms with Crippen molar-refractivity contribution in [2.24, 2.45) is 0 Å². The van der Waals surface area contributed by atoms with Crippen LogP contribution < -0.4 is 4.90 Å². The van der Waals surface area contributed by atoms with Crippen LogP contribution in [0.3, 0.4) is 0 Å². The maximum Gasteiger partial charge on any atom is 0.267 e. The molecule has 5 nitrogen and oxygen atoms in total. The van der Waals surface area contributed by atoms with E-state index in [2.05, 4.69) is 14.9 Å². The number of thiazole rings is 2. The second-order valence-corrected chi connectivity index (χ2v) is 6.51. The molecule has 106 valence electrons. The summed E-state index contributed by atoms with van der Waals surface area (Å²) < 4.78 is 0. The Morgan fingerprint density at radius 3 is 2.80 bits per heavy atom. The van der Waals surface area contributed by atoms with Crippen LogP contribution in [0.1, 0.15) is 16.1 Å². The van der Waals surface area contributed by atoms with Crippen molar-refractivity contribution in [2.45, 2.75) is 6.42 Å². The van der Waals surface area contributed by atoms with E-state index >= 15 is 0 Å². The molecule has 2 aromatic heterocycles. The van der Waals surface area contributed by atoms with E-state index < -0.39 is 0 Å². The molecule has 0 saturated carbocycles. The summed E-state index contributed by atoms with van der Waals surface area (Å²) in [6.45, 7) is 3.16. The molecular formula is C12H13ClN4OS2. The normalized spacial score (nSPS) is 16.2. The van der Waals surface area contributed by atoms with Gasteiger partial charge in [0.15, 0.2) is 10.3 Å². The predicted octanol–water partition coefficient (Wildman–Crippen LogP) is 2.61. The van der Waals surface area contributed by atoms with Crippen molar-refractivity contribution in [1.82, 2.24) is 14.9 Å². The van der Waals surface area contributed by atoms with Gasteiger partial charge in [-0.3, -0.25) is 4.79 Å². The molecule has 1 fully saturated rings. The maximum absolute atomic E-state index is 12.4. The number of carbonyl (C=O) groups is 1. The number of amides is 1. The highest BCUT2D eigenvalue weighted by atomic mass is 35.5. The molecule has 0 spiro atoms. The average Bonchev–Trinajstić information content (AvgIpc) is 3.05. The molecule has 1 aliphatic rings. The van der Waals surface area contributed by atoms with E-state index in [0.29, 0.717) is 16.6 Å². The first-order chi connectivity index (χ1) is 9.75. The summed E-state index contributed by atoms with van der Waals surface area (Å²) in [6.07, 6.45) is 2.74. The lowest BCUT2D eigenvalue weighted by atomic mass is 10.3. The third kappa shape index (κ3) is 2.79. The van der Waals surface area contributed by atoms with Gasteiger partial charge in [0.05, 0.1) is 5.51 Å². The van der Waals surface area contributed by atoms with Crippen molar-refractivity contribution >= 4 is 45.3 Å². The Morgan fingerprint density at radius 2 is 2.10 bits per heavy atom. The lowest BCUT2D eigenvalue weighted by molar-refractivity contribution is 0.0772. The smallest absolute Gasteiger partial charge is 0.267 e. The molecule has 0 aliphatic carbocycles. The van der Waals surface area contributed by atoms with Crippen molar-refractivity contribution in [2.75, 3.05) is 31.1 Å². The Balaban J connectivity index is 1.68. The van der Waals surface area contributed by atoms with Crippen molar-refractivity contribution < 1.29 is 4.79 Å². The minimum atomic E-state index is -0.0153. The number of carbonyl (C=O) groups excluding carboxylic acids is 1. The molecule has 1 aliphatic heterocycles. The van der Waals surface area contributed by atoms with Crippen LogP contribution in [0, 0.1) is 0 Å². The largest absolute Gasteiger partial charge is 0.346 e. The quantitative estimate of drug-likeness (QED) is 0.850. The van der Waals surface area contributed by atoms with Crippen molar-refractivity contribution in [3.63, 3.8) is 0 Å². The summed E-state index contributed by atoms with van der Waals surface area (Å²) in [5.41, 5.74) is 1.61. The maximum atomic E-state index is 12.4. The summed E-state index contributed by atoms with van der Waals surface area (Å²) in [4.78, 5) is 25.3. The average molecular weight is 329 g/mol. The summed E-state index contributed by atoms with van der Waals surface area (Å²) in [5.74, 6) is -0.0153. The second-order valence-electron chi connectivity index (χ2n) is 4.42. The van der Waals surface area contributed by atoms with Crippen LogP contribution in [0.15, 0.2) is 17.1 Å². The SMILES string of the molecule is O=C(c1scnc1Cl)N1CCCN(c2nccs2)CC1. The molecule has 20 heavy (non-hydrogen) atoms. The van der Waals surface area contributed by atoms with Crippen molar-refractivity contribution in [3.8, 4) is 0 Å². The molecule has 3 rings (SSSR count). The lowest BCUT2D eigenvalue weighted by Crippen LogP contribution is -2.35. The van der Waals surface area contributed by atoms with E-state index in [9.17, 15) is 4.79 Å². The zero-order valence-electron chi connectivity index (χ0n) is 10.7. The molecule has 0 atom stereocenters. The van der Waals surface area contributed by atoms with Gasteiger partial charge in [-0.15, -0.1) is 22.7 Å². The highest BCUT2D eigenvalue weighted by Gasteiger charge is 2.24. The molecule has 0 aromatic carbocycles. The number of rotatable bonds is 2. The van der Waals surface area contributed by atoms with Gasteiger partial charge in [-0.25, -0.2) is 9.97 Å². The monoisotopic (exact) mass is 328 g/mol. The summed E-state index contributed by atoms with van der Waals surface area (Å²) in [6, 6.07) is 0. The number of nitrogens with zero attached hydrogens (tertiary/aromatic N) is 4. The van der Waals surface area contributed by atoms with Crippen LogP contribution >= 0.6 is 34.3 Å². The lowest BCUT2D eigenvalue weighted by Gasteiger charge is -2.21. The molecule has 1 saturated heterocycles. The molecule has 0 radical (unpaired) electrons. The van der Waals surface area contributed by atoms with Gasteiger partial charge in [-0.2, -0.15) is 0 Å². The Bertz CT molecular complexity index is 586. The van der Waals surface area contributed by atoms with E-state index in [-0.39, 0.29) is 5.91 Å². The van der Waals surface area contributed by atoms with Gasteiger partial charge in [0.25, 0.3) is 5.91 Å². The fourth-order valence-electron chi connectivity index (χ4n) is 2.20. The zero-order valence-corrected chi connectivity index (χ0v) is 13.0. The molecule has 0 N–H and O–H groups in total. The first-order valence-electron chi connectivity index (χ1n) is 6.28. The topological polar surface area (TPSA) is 49.3 Å². The van der Waals surface area contributed by atoms with Gasteiger partial charge in [-0.1, -0.05) is 11.6 Å². The van der Waals surface area contributed by atoms with Gasteiger partial charge >= 0.3 is 0 Å². The number of anilines is 1. The Kier molecular flexibility index (Phi) is 4.18. The number of halogens is 1. The van der Waals surface area contributed by atoms with Crippen LogP contribution in [0.4, 0.5) is 5.13 Å². The molecule has 8 heteroatoms. The summed E-state index contributed by atoms with van der Waals surface area (Å²) in [5, 5.41) is 3.30. The van der Waals surface area contributed by atoms with Gasteiger partial charge in [0.2, 0.25) is 0 Å². The first kappa shape index (κ1) is 13.8. The van der Waals surface area contributed by atoms with Gasteiger partial charge in [-0.05, 0) is 6.42 Å². The van der Waals surface area contributed by atoms with Crippen molar-refractivity contribution in [1.29, 1.82) is 0 Å². The molecule has 1 amide bonds. The van der Waals surface area contributed by atoms with Crippen molar-refractivity contribution in [3.05, 3.63) is 27.1 Å². The Labute approximate surface area is 129 Å². The number of aromatic nitrogens is 2. The molecule has 0 unspecified atom stereocenters. The minimum Gasteiger partial charge on any atom is -0.346 e. The Hall–Kier alpha value is -1.18. The molecular weight excluding hydrogens is 316 g/mol. The van der Waals surface area contributed by atoms with Crippen LogP contribution in [0.5, 0.6) is 0 Å². The van der Waals surface area contributed by atoms with Gasteiger partial charge in [0.1, 0.15) is 4.88 Å². The number of hydrogen-bond acceptors (Lipinski definition) is 6. The van der Waals surface area contributed by atoms with E-state index in [4.69, 9.17) is 11.6 Å². The molecule has 3 heterocycles. The predicted molar refractivity (Wildman–Crippen MR) is 82.0 cm³/mol. The summed E-state index contributed by atoms with van der Waals surface area (Å²) in [7, 11) is 0. The third-order valence-electron chi connectivity index (χ3n) is 3.19. The van der Waals surface area contributed by atoms with Gasteiger partial charge in [0, 0.05) is 37.8 Å². The molecule has 2 aromatic rings.